The Balaban J connectivity index is 1.71. The van der Waals surface area contributed by atoms with Crippen LogP contribution in [0.4, 0.5) is 0 Å². The van der Waals surface area contributed by atoms with Crippen LogP contribution in [0.25, 0.3) is 0 Å². The zero-order valence-electron chi connectivity index (χ0n) is 12.8. The lowest BCUT2D eigenvalue weighted by molar-refractivity contribution is -0.139. The number of hydrogen-bond acceptors (Lipinski definition) is 4. The van der Waals surface area contributed by atoms with Crippen LogP contribution in [0, 0.1) is 0 Å². The minimum Gasteiger partial charge on any atom is -0.480 e. The van der Waals surface area contributed by atoms with Gasteiger partial charge in [0.05, 0.1) is 0 Å². The van der Waals surface area contributed by atoms with Gasteiger partial charge in [-0.2, -0.15) is 5.10 Å². The summed E-state index contributed by atoms with van der Waals surface area (Å²) in [6, 6.07) is 4.21. The van der Waals surface area contributed by atoms with Gasteiger partial charge < -0.3 is 10.4 Å². The Morgan fingerprint density at radius 3 is 2.70 bits per heavy atom. The first kappa shape index (κ1) is 15.2. The summed E-state index contributed by atoms with van der Waals surface area (Å²) in [7, 11) is 1.80. The number of carboxylic acids is 1. The fourth-order valence-electron chi connectivity index (χ4n) is 2.54. The molecule has 1 fully saturated rings. The van der Waals surface area contributed by atoms with E-state index >= 15 is 0 Å². The molecule has 1 saturated carbocycles. The van der Waals surface area contributed by atoms with Gasteiger partial charge in [-0.3, -0.25) is 14.5 Å². The van der Waals surface area contributed by atoms with E-state index in [4.69, 9.17) is 0 Å². The molecule has 1 atom stereocenters. The van der Waals surface area contributed by atoms with Crippen LogP contribution in [0.15, 0.2) is 30.6 Å². The molecule has 1 amide bonds. The van der Waals surface area contributed by atoms with Crippen molar-refractivity contribution in [2.75, 3.05) is 0 Å². The first-order valence-electron chi connectivity index (χ1n) is 7.51. The van der Waals surface area contributed by atoms with Crippen molar-refractivity contribution in [1.29, 1.82) is 0 Å². The van der Waals surface area contributed by atoms with Crippen molar-refractivity contribution in [3.63, 3.8) is 0 Å². The molecule has 2 aromatic heterocycles. The van der Waals surface area contributed by atoms with Gasteiger partial charge >= 0.3 is 5.97 Å². The lowest BCUT2D eigenvalue weighted by Crippen LogP contribution is -2.42. The summed E-state index contributed by atoms with van der Waals surface area (Å²) < 4.78 is 1.70. The van der Waals surface area contributed by atoms with Crippen LogP contribution in [-0.4, -0.2) is 37.8 Å². The lowest BCUT2D eigenvalue weighted by atomic mass is 10.1. The minimum atomic E-state index is -1.08. The van der Waals surface area contributed by atoms with Crippen LogP contribution in [0.3, 0.4) is 0 Å². The van der Waals surface area contributed by atoms with Crippen molar-refractivity contribution in [1.82, 2.24) is 20.1 Å². The van der Waals surface area contributed by atoms with Crippen molar-refractivity contribution >= 4 is 11.9 Å². The maximum Gasteiger partial charge on any atom is 0.326 e. The van der Waals surface area contributed by atoms with Gasteiger partial charge in [-0.1, -0.05) is 0 Å². The molecular formula is C16H18N4O3. The second-order valence-corrected chi connectivity index (χ2v) is 5.78. The Labute approximate surface area is 133 Å². The smallest absolute Gasteiger partial charge is 0.326 e. The van der Waals surface area contributed by atoms with Crippen LogP contribution >= 0.6 is 0 Å². The fourth-order valence-corrected chi connectivity index (χ4v) is 2.54. The van der Waals surface area contributed by atoms with Crippen LogP contribution in [-0.2, 0) is 18.3 Å². The molecule has 0 saturated heterocycles. The fraction of sp³-hybridized carbons (Fsp3) is 0.375. The number of rotatable bonds is 6. The Hall–Kier alpha value is -2.70. The first-order chi connectivity index (χ1) is 11.0. The number of carbonyl (C=O) groups is 2. The highest BCUT2D eigenvalue weighted by atomic mass is 16.4. The van der Waals surface area contributed by atoms with Gasteiger partial charge in [0.15, 0.2) is 0 Å². The SMILES string of the molecule is Cn1nc(C(=O)NC(Cc2ccncc2)C(=O)O)cc1C1CC1. The third-order valence-corrected chi connectivity index (χ3v) is 3.94. The monoisotopic (exact) mass is 314 g/mol. The van der Waals surface area contributed by atoms with E-state index in [2.05, 4.69) is 15.4 Å². The Morgan fingerprint density at radius 1 is 1.39 bits per heavy atom. The zero-order valence-corrected chi connectivity index (χ0v) is 12.8. The molecule has 120 valence electrons. The second-order valence-electron chi connectivity index (χ2n) is 5.78. The summed E-state index contributed by atoms with van der Waals surface area (Å²) in [6.07, 6.45) is 5.61. The van der Waals surface area contributed by atoms with E-state index < -0.39 is 17.9 Å². The predicted molar refractivity (Wildman–Crippen MR) is 82.0 cm³/mol. The molecule has 0 aliphatic heterocycles. The van der Waals surface area contributed by atoms with Gasteiger partial charge in [0.1, 0.15) is 11.7 Å². The zero-order chi connectivity index (χ0) is 16.4. The second kappa shape index (κ2) is 6.20. The molecule has 2 N–H and O–H groups in total. The van der Waals surface area contributed by atoms with E-state index in [1.165, 1.54) is 0 Å². The molecule has 23 heavy (non-hydrogen) atoms. The van der Waals surface area contributed by atoms with Crippen molar-refractivity contribution in [2.24, 2.45) is 7.05 Å². The highest BCUT2D eigenvalue weighted by molar-refractivity contribution is 5.95. The number of aromatic nitrogens is 3. The van der Waals surface area contributed by atoms with Gasteiger partial charge in [-0.15, -0.1) is 0 Å². The van der Waals surface area contributed by atoms with Gasteiger partial charge in [-0.05, 0) is 36.6 Å². The Bertz CT molecular complexity index is 722. The standard InChI is InChI=1S/C16H18N4O3/c1-20-14(11-2-3-11)9-12(19-20)15(21)18-13(16(22)23)8-10-4-6-17-7-5-10/h4-7,9,11,13H,2-3,8H2,1H3,(H,18,21)(H,22,23). The summed E-state index contributed by atoms with van der Waals surface area (Å²) in [5.74, 6) is -1.07. The molecule has 7 heteroatoms. The van der Waals surface area contributed by atoms with Crippen molar-refractivity contribution < 1.29 is 14.7 Å². The Morgan fingerprint density at radius 2 is 2.09 bits per heavy atom. The number of aliphatic carboxylic acids is 1. The van der Waals surface area contributed by atoms with Crippen molar-refractivity contribution in [2.45, 2.75) is 31.2 Å². The highest BCUT2D eigenvalue weighted by Gasteiger charge is 2.29. The molecule has 0 aromatic carbocycles. The van der Waals surface area contributed by atoms with Crippen LogP contribution in [0.2, 0.25) is 0 Å². The summed E-state index contributed by atoms with van der Waals surface area (Å²) >= 11 is 0. The van der Waals surface area contributed by atoms with E-state index in [0.717, 1.165) is 24.1 Å². The maximum absolute atomic E-state index is 12.3. The van der Waals surface area contributed by atoms with E-state index in [9.17, 15) is 14.7 Å². The molecule has 2 heterocycles. The largest absolute Gasteiger partial charge is 0.480 e. The van der Waals surface area contributed by atoms with Gasteiger partial charge in [0, 0.05) is 37.5 Å². The van der Waals surface area contributed by atoms with Crippen molar-refractivity contribution in [3.05, 3.63) is 47.5 Å². The van der Waals surface area contributed by atoms with E-state index in [1.807, 2.05) is 0 Å². The molecule has 0 spiro atoms. The average molecular weight is 314 g/mol. The quantitative estimate of drug-likeness (QED) is 0.832. The summed E-state index contributed by atoms with van der Waals surface area (Å²) in [4.78, 5) is 27.6. The number of carboxylic acid groups (broad SMARTS) is 1. The predicted octanol–water partition coefficient (Wildman–Crippen LogP) is 1.12. The molecule has 1 unspecified atom stereocenters. The third-order valence-electron chi connectivity index (χ3n) is 3.94. The number of nitrogens with one attached hydrogen (secondary N) is 1. The molecule has 7 nitrogen and oxygen atoms in total. The van der Waals surface area contributed by atoms with Crippen LogP contribution < -0.4 is 5.32 Å². The summed E-state index contributed by atoms with van der Waals surface area (Å²) in [5, 5.41) is 16.1. The van der Waals surface area contributed by atoms with Gasteiger partial charge in [0.2, 0.25) is 0 Å². The van der Waals surface area contributed by atoms with E-state index in [1.54, 1.807) is 42.3 Å². The number of nitrogens with zero attached hydrogens (tertiary/aromatic N) is 3. The number of aryl methyl sites for hydroxylation is 1. The van der Waals surface area contributed by atoms with Gasteiger partial charge in [0.25, 0.3) is 5.91 Å². The van der Waals surface area contributed by atoms with Crippen LogP contribution in [0.1, 0.15) is 40.5 Å². The Kier molecular flexibility index (Phi) is 4.10. The molecule has 3 rings (SSSR count). The van der Waals surface area contributed by atoms with Gasteiger partial charge in [-0.25, -0.2) is 4.79 Å². The molecular weight excluding hydrogens is 296 g/mol. The normalized spacial score (nSPS) is 15.2. The first-order valence-corrected chi connectivity index (χ1v) is 7.51. The topological polar surface area (TPSA) is 97.1 Å². The van der Waals surface area contributed by atoms with Crippen LogP contribution in [0.5, 0.6) is 0 Å². The number of hydrogen-bond donors (Lipinski definition) is 2. The van der Waals surface area contributed by atoms with E-state index in [-0.39, 0.29) is 12.1 Å². The molecule has 1 aliphatic rings. The minimum absolute atomic E-state index is 0.200. The highest BCUT2D eigenvalue weighted by Crippen LogP contribution is 2.39. The number of pyridine rings is 1. The lowest BCUT2D eigenvalue weighted by Gasteiger charge is -2.13. The summed E-state index contributed by atoms with van der Waals surface area (Å²) in [6.45, 7) is 0. The molecule has 0 radical (unpaired) electrons. The average Bonchev–Trinajstić information content (AvgIpc) is 3.29. The maximum atomic E-state index is 12.3. The summed E-state index contributed by atoms with van der Waals surface area (Å²) in [5.41, 5.74) is 2.08. The number of carbonyl (C=O) groups excluding carboxylic acids is 1. The molecule has 2 aromatic rings. The number of amides is 1. The van der Waals surface area contributed by atoms with E-state index in [0.29, 0.717) is 5.92 Å². The molecule has 0 bridgehead atoms. The van der Waals surface area contributed by atoms with Crippen molar-refractivity contribution in [3.8, 4) is 0 Å². The third kappa shape index (κ3) is 3.56. The molecule has 1 aliphatic carbocycles.